The Morgan fingerprint density at radius 2 is 1.86 bits per heavy atom. The predicted octanol–water partition coefficient (Wildman–Crippen LogP) is 1.70. The molecular weight excluding hydrogens is 317 g/mol. The van der Waals surface area contributed by atoms with Gasteiger partial charge in [-0.05, 0) is 27.0 Å². The quantitative estimate of drug-likeness (QED) is 0.546. The van der Waals surface area contributed by atoms with Crippen molar-refractivity contribution >= 4 is 23.6 Å². The zero-order valence-electron chi connectivity index (χ0n) is 13.7. The fourth-order valence-corrected chi connectivity index (χ4v) is 1.55. The molecule has 0 unspecified atom stereocenters. The molecule has 0 bridgehead atoms. The Morgan fingerprint density at radius 1 is 1.27 bits per heavy atom. The summed E-state index contributed by atoms with van der Waals surface area (Å²) in [5.41, 5.74) is 0. The van der Waals surface area contributed by atoms with Crippen molar-refractivity contribution < 1.29 is 18.0 Å². The summed E-state index contributed by atoms with van der Waals surface area (Å²) < 4.78 is 36.6. The van der Waals surface area contributed by atoms with Gasteiger partial charge in [-0.25, -0.2) is 4.99 Å². The van der Waals surface area contributed by atoms with Crippen molar-refractivity contribution in [1.29, 1.82) is 0 Å². The molecule has 0 aromatic carbocycles. The minimum atomic E-state index is -4.40. The summed E-state index contributed by atoms with van der Waals surface area (Å²) in [4.78, 5) is 16.3. The second kappa shape index (κ2) is 9.12. The fourth-order valence-electron chi connectivity index (χ4n) is 1.34. The van der Waals surface area contributed by atoms with E-state index < -0.39 is 18.6 Å². The Morgan fingerprint density at radius 3 is 2.32 bits per heavy atom. The first-order valence-electron chi connectivity index (χ1n) is 6.89. The van der Waals surface area contributed by atoms with Crippen molar-refractivity contribution in [3.63, 3.8) is 0 Å². The summed E-state index contributed by atoms with van der Waals surface area (Å²) in [6.45, 7) is 5.58. The number of likely N-dealkylation sites (N-methyl/N-ethyl adjacent to an activating group) is 1. The monoisotopic (exact) mass is 342 g/mol. The van der Waals surface area contributed by atoms with E-state index in [0.717, 1.165) is 7.05 Å². The standard InChI is InChI=1S/C13H25F3N4OS/c1-6-17-11(19-8-12(2,3)22-5)18-7-10(21)20(4)9-13(14,15)16/h6-9H2,1-5H3,(H2,17,18,19). The highest BCUT2D eigenvalue weighted by atomic mass is 32.2. The van der Waals surface area contributed by atoms with Gasteiger partial charge in [0, 0.05) is 24.9 Å². The van der Waals surface area contributed by atoms with Crippen LogP contribution in [0.25, 0.3) is 0 Å². The molecule has 9 heteroatoms. The summed E-state index contributed by atoms with van der Waals surface area (Å²) in [5.74, 6) is -0.267. The highest BCUT2D eigenvalue weighted by Gasteiger charge is 2.31. The van der Waals surface area contributed by atoms with Crippen LogP contribution in [0.5, 0.6) is 0 Å². The highest BCUT2D eigenvalue weighted by molar-refractivity contribution is 7.99. The first kappa shape index (κ1) is 20.9. The first-order chi connectivity index (χ1) is 10.0. The number of alkyl halides is 3. The number of halogens is 3. The van der Waals surface area contributed by atoms with Gasteiger partial charge in [-0.3, -0.25) is 4.79 Å². The molecule has 0 aliphatic rings. The van der Waals surface area contributed by atoms with Gasteiger partial charge in [-0.2, -0.15) is 24.9 Å². The number of carbonyl (C=O) groups excluding carboxylic acids is 1. The van der Waals surface area contributed by atoms with Crippen molar-refractivity contribution in [2.45, 2.75) is 31.7 Å². The third-order valence-corrected chi connectivity index (χ3v) is 4.04. The molecule has 0 radical (unpaired) electrons. The molecule has 0 spiro atoms. The highest BCUT2D eigenvalue weighted by Crippen LogP contribution is 2.19. The Balaban J connectivity index is 4.57. The molecule has 0 saturated heterocycles. The minimum Gasteiger partial charge on any atom is -0.357 e. The van der Waals surface area contributed by atoms with E-state index in [-0.39, 0.29) is 11.3 Å². The molecule has 0 heterocycles. The molecule has 0 rings (SSSR count). The van der Waals surface area contributed by atoms with Gasteiger partial charge in [-0.1, -0.05) is 0 Å². The number of thioether (sulfide) groups is 1. The van der Waals surface area contributed by atoms with Crippen LogP contribution >= 0.6 is 11.8 Å². The van der Waals surface area contributed by atoms with Crippen molar-refractivity contribution in [2.75, 3.05) is 39.5 Å². The van der Waals surface area contributed by atoms with Crippen LogP contribution in [0.4, 0.5) is 13.2 Å². The van der Waals surface area contributed by atoms with Gasteiger partial charge in [-0.15, -0.1) is 0 Å². The number of carbonyl (C=O) groups is 1. The smallest absolute Gasteiger partial charge is 0.357 e. The van der Waals surface area contributed by atoms with Gasteiger partial charge >= 0.3 is 6.18 Å². The minimum absolute atomic E-state index is 0.0206. The number of hydrogen-bond donors (Lipinski definition) is 2. The van der Waals surface area contributed by atoms with Crippen molar-refractivity contribution in [2.24, 2.45) is 4.99 Å². The van der Waals surface area contributed by atoms with Crippen molar-refractivity contribution in [3.8, 4) is 0 Å². The molecule has 2 N–H and O–H groups in total. The zero-order valence-corrected chi connectivity index (χ0v) is 14.5. The molecule has 0 saturated carbocycles. The summed E-state index contributed by atoms with van der Waals surface area (Å²) in [6.07, 6.45) is -2.42. The van der Waals surface area contributed by atoms with Crippen LogP contribution in [-0.2, 0) is 4.79 Å². The average Bonchev–Trinajstić information content (AvgIpc) is 2.39. The molecule has 0 aliphatic carbocycles. The number of aliphatic imine (C=N–C) groups is 1. The van der Waals surface area contributed by atoms with Crippen LogP contribution in [0, 0.1) is 0 Å². The normalized spacial score (nSPS) is 13.0. The SMILES string of the molecule is CCNC(=NCC(=O)N(C)CC(F)(F)F)NCC(C)(C)SC. The van der Waals surface area contributed by atoms with E-state index in [2.05, 4.69) is 29.5 Å². The first-order valence-corrected chi connectivity index (χ1v) is 8.11. The third kappa shape index (κ3) is 9.75. The summed E-state index contributed by atoms with van der Waals surface area (Å²) in [7, 11) is 1.11. The number of guanidine groups is 1. The molecule has 22 heavy (non-hydrogen) atoms. The van der Waals surface area contributed by atoms with Crippen LogP contribution in [-0.4, -0.2) is 67.2 Å². The predicted molar refractivity (Wildman–Crippen MR) is 85.3 cm³/mol. The van der Waals surface area contributed by atoms with Crippen molar-refractivity contribution in [3.05, 3.63) is 0 Å². The van der Waals surface area contributed by atoms with Gasteiger partial charge in [0.25, 0.3) is 0 Å². The molecule has 0 aliphatic heterocycles. The zero-order chi connectivity index (χ0) is 17.4. The van der Waals surface area contributed by atoms with Crippen molar-refractivity contribution in [1.82, 2.24) is 15.5 Å². The van der Waals surface area contributed by atoms with E-state index in [4.69, 9.17) is 0 Å². The lowest BCUT2D eigenvalue weighted by Crippen LogP contribution is -2.44. The molecule has 0 aromatic rings. The van der Waals surface area contributed by atoms with Crippen LogP contribution in [0.2, 0.25) is 0 Å². The molecule has 1 amide bonds. The Bertz CT molecular complexity index is 386. The Kier molecular flexibility index (Phi) is 8.65. The summed E-state index contributed by atoms with van der Waals surface area (Å²) in [6, 6.07) is 0. The summed E-state index contributed by atoms with van der Waals surface area (Å²) >= 11 is 1.68. The second-order valence-corrected chi connectivity index (χ2v) is 6.89. The van der Waals surface area contributed by atoms with E-state index in [0.29, 0.717) is 23.9 Å². The summed E-state index contributed by atoms with van der Waals surface area (Å²) in [5, 5.41) is 6.04. The topological polar surface area (TPSA) is 56.7 Å². The number of rotatable bonds is 7. The molecule has 0 aromatic heterocycles. The lowest BCUT2D eigenvalue weighted by Gasteiger charge is -2.24. The van der Waals surface area contributed by atoms with Crippen LogP contribution in [0.1, 0.15) is 20.8 Å². The van der Waals surface area contributed by atoms with Crippen LogP contribution in [0.15, 0.2) is 4.99 Å². The molecule has 0 atom stereocenters. The number of amides is 1. The number of nitrogens with one attached hydrogen (secondary N) is 2. The second-order valence-electron chi connectivity index (χ2n) is 5.38. The van der Waals surface area contributed by atoms with E-state index in [9.17, 15) is 18.0 Å². The Labute approximate surface area is 134 Å². The molecule has 5 nitrogen and oxygen atoms in total. The molecular formula is C13H25F3N4OS. The van der Waals surface area contributed by atoms with E-state index in [1.165, 1.54) is 0 Å². The Hall–Kier alpha value is -1.12. The van der Waals surface area contributed by atoms with Gasteiger partial charge < -0.3 is 15.5 Å². The maximum Gasteiger partial charge on any atom is 0.406 e. The lowest BCUT2D eigenvalue weighted by molar-refractivity contribution is -0.157. The average molecular weight is 342 g/mol. The van der Waals surface area contributed by atoms with Crippen LogP contribution < -0.4 is 10.6 Å². The maximum atomic E-state index is 12.2. The largest absolute Gasteiger partial charge is 0.406 e. The van der Waals surface area contributed by atoms with Crippen LogP contribution in [0.3, 0.4) is 0 Å². The van der Waals surface area contributed by atoms with Gasteiger partial charge in [0.1, 0.15) is 13.1 Å². The third-order valence-electron chi connectivity index (χ3n) is 2.79. The maximum absolute atomic E-state index is 12.2. The molecule has 0 fully saturated rings. The number of hydrogen-bond acceptors (Lipinski definition) is 3. The van der Waals surface area contributed by atoms with Gasteiger partial charge in [0.05, 0.1) is 0 Å². The van der Waals surface area contributed by atoms with Gasteiger partial charge in [0.2, 0.25) is 5.91 Å². The number of nitrogens with zero attached hydrogens (tertiary/aromatic N) is 2. The lowest BCUT2D eigenvalue weighted by atomic mass is 10.2. The van der Waals surface area contributed by atoms with E-state index >= 15 is 0 Å². The van der Waals surface area contributed by atoms with E-state index in [1.54, 1.807) is 11.8 Å². The van der Waals surface area contributed by atoms with E-state index in [1.807, 2.05) is 13.2 Å². The van der Waals surface area contributed by atoms with Gasteiger partial charge in [0.15, 0.2) is 5.96 Å². The molecule has 130 valence electrons. The fraction of sp³-hybridized carbons (Fsp3) is 0.846.